The Morgan fingerprint density at radius 2 is 2.14 bits per heavy atom. The number of benzene rings is 1. The first-order chi connectivity index (χ1) is 10.2. The molecule has 0 aliphatic rings. The molecule has 2 aromatic rings. The van der Waals surface area contributed by atoms with Crippen molar-refractivity contribution in [1.29, 1.82) is 0 Å². The molecule has 1 aromatic heterocycles. The molecule has 114 valence electrons. The van der Waals surface area contributed by atoms with Crippen LogP contribution in [0.25, 0.3) is 10.6 Å². The summed E-state index contributed by atoms with van der Waals surface area (Å²) in [6.07, 6.45) is 3.14. The quantitative estimate of drug-likeness (QED) is 0.734. The summed E-state index contributed by atoms with van der Waals surface area (Å²) in [6.45, 7) is 4.23. The second kappa shape index (κ2) is 7.95. The maximum atomic E-state index is 9.81. The van der Waals surface area contributed by atoms with Crippen LogP contribution in [0.2, 0.25) is 0 Å². The van der Waals surface area contributed by atoms with Gasteiger partial charge in [-0.2, -0.15) is 0 Å². The van der Waals surface area contributed by atoms with Crippen LogP contribution in [0.1, 0.15) is 24.8 Å². The molecule has 2 rings (SSSR count). The lowest BCUT2D eigenvalue weighted by atomic mass is 10.2. The Hall–Kier alpha value is -1.66. The molecule has 2 N–H and O–H groups in total. The van der Waals surface area contributed by atoms with E-state index in [4.69, 9.17) is 4.74 Å². The molecular formula is C15H21N3O2S. The minimum Gasteiger partial charge on any atom is -0.504 e. The van der Waals surface area contributed by atoms with Crippen molar-refractivity contribution in [2.45, 2.75) is 26.2 Å². The fraction of sp³-hybridized carbons (Fsp3) is 0.467. The second-order valence-corrected chi connectivity index (χ2v) is 5.80. The maximum Gasteiger partial charge on any atom is 0.160 e. The van der Waals surface area contributed by atoms with Gasteiger partial charge >= 0.3 is 0 Å². The minimum atomic E-state index is 0.121. The van der Waals surface area contributed by atoms with Crippen molar-refractivity contribution in [1.82, 2.24) is 15.5 Å². The first-order valence-corrected chi connectivity index (χ1v) is 7.96. The summed E-state index contributed by atoms with van der Waals surface area (Å²) in [5.41, 5.74) is 0.862. The molecule has 0 aliphatic heterocycles. The van der Waals surface area contributed by atoms with Gasteiger partial charge in [0.2, 0.25) is 0 Å². The van der Waals surface area contributed by atoms with E-state index in [2.05, 4.69) is 22.4 Å². The van der Waals surface area contributed by atoms with Crippen molar-refractivity contribution in [3.05, 3.63) is 23.2 Å². The monoisotopic (exact) mass is 307 g/mol. The molecule has 0 saturated heterocycles. The molecule has 21 heavy (non-hydrogen) atoms. The molecule has 0 bridgehead atoms. The van der Waals surface area contributed by atoms with E-state index in [1.165, 1.54) is 7.11 Å². The van der Waals surface area contributed by atoms with Crippen molar-refractivity contribution in [2.24, 2.45) is 0 Å². The molecule has 6 heteroatoms. The van der Waals surface area contributed by atoms with Crippen LogP contribution in [0.5, 0.6) is 11.5 Å². The van der Waals surface area contributed by atoms with Crippen LogP contribution in [0, 0.1) is 0 Å². The maximum absolute atomic E-state index is 9.81. The molecule has 0 radical (unpaired) electrons. The standard InChI is InChI=1S/C15H21N3O2S/c1-3-8-16-9-4-5-14-17-18-15(21-14)11-6-7-13(20-2)12(19)10-11/h6-7,10,16,19H,3-5,8-9H2,1-2H3. The number of methoxy groups -OCH3 is 1. The topological polar surface area (TPSA) is 67.3 Å². The average molecular weight is 307 g/mol. The smallest absolute Gasteiger partial charge is 0.160 e. The largest absolute Gasteiger partial charge is 0.504 e. The van der Waals surface area contributed by atoms with Crippen molar-refractivity contribution in [3.63, 3.8) is 0 Å². The number of ether oxygens (including phenoxy) is 1. The average Bonchev–Trinajstić information content (AvgIpc) is 2.96. The van der Waals surface area contributed by atoms with Gasteiger partial charge in [0.25, 0.3) is 0 Å². The van der Waals surface area contributed by atoms with E-state index in [0.29, 0.717) is 5.75 Å². The fourth-order valence-corrected chi connectivity index (χ4v) is 2.84. The van der Waals surface area contributed by atoms with Gasteiger partial charge in [-0.15, -0.1) is 10.2 Å². The molecule has 0 unspecified atom stereocenters. The highest BCUT2D eigenvalue weighted by atomic mass is 32.1. The van der Waals surface area contributed by atoms with Crippen molar-refractivity contribution < 1.29 is 9.84 Å². The predicted octanol–water partition coefficient (Wildman–Crippen LogP) is 2.85. The summed E-state index contributed by atoms with van der Waals surface area (Å²) in [7, 11) is 1.53. The number of rotatable bonds is 8. The number of hydrogen-bond donors (Lipinski definition) is 2. The third-order valence-corrected chi connectivity index (χ3v) is 4.10. The van der Waals surface area contributed by atoms with Crippen LogP contribution in [0.3, 0.4) is 0 Å². The lowest BCUT2D eigenvalue weighted by molar-refractivity contribution is 0.373. The number of hydrogen-bond acceptors (Lipinski definition) is 6. The van der Waals surface area contributed by atoms with Gasteiger partial charge in [-0.25, -0.2) is 0 Å². The van der Waals surface area contributed by atoms with Gasteiger partial charge in [-0.05, 0) is 44.1 Å². The molecule has 0 aliphatic carbocycles. The summed E-state index contributed by atoms with van der Waals surface area (Å²) in [5.74, 6) is 0.584. The zero-order valence-corrected chi connectivity index (χ0v) is 13.2. The highest BCUT2D eigenvalue weighted by Crippen LogP contribution is 2.32. The summed E-state index contributed by atoms with van der Waals surface area (Å²) in [5, 5.41) is 23.4. The third kappa shape index (κ3) is 4.41. The van der Waals surface area contributed by atoms with Gasteiger partial charge in [0.1, 0.15) is 10.0 Å². The summed E-state index contributed by atoms with van der Waals surface area (Å²) in [6, 6.07) is 5.28. The Morgan fingerprint density at radius 3 is 2.86 bits per heavy atom. The van der Waals surface area contributed by atoms with Crippen LogP contribution in [0.15, 0.2) is 18.2 Å². The van der Waals surface area contributed by atoms with Gasteiger partial charge in [-0.1, -0.05) is 18.3 Å². The number of phenols is 1. The van der Waals surface area contributed by atoms with E-state index in [1.54, 1.807) is 23.5 Å². The van der Waals surface area contributed by atoms with Gasteiger partial charge in [0, 0.05) is 12.0 Å². The van der Waals surface area contributed by atoms with Crippen molar-refractivity contribution in [3.8, 4) is 22.1 Å². The Labute approximate surface area is 129 Å². The first kappa shape index (κ1) is 15.7. The van der Waals surface area contributed by atoms with Crippen LogP contribution in [0.4, 0.5) is 0 Å². The molecule has 0 fully saturated rings. The minimum absolute atomic E-state index is 0.121. The zero-order valence-electron chi connectivity index (χ0n) is 12.4. The van der Waals surface area contributed by atoms with E-state index in [1.807, 2.05) is 6.07 Å². The van der Waals surface area contributed by atoms with Crippen LogP contribution < -0.4 is 10.1 Å². The number of aryl methyl sites for hydroxylation is 1. The van der Waals surface area contributed by atoms with E-state index in [-0.39, 0.29) is 5.75 Å². The Kier molecular flexibility index (Phi) is 5.95. The zero-order chi connectivity index (χ0) is 15.1. The first-order valence-electron chi connectivity index (χ1n) is 7.15. The number of nitrogens with one attached hydrogen (secondary N) is 1. The molecule has 0 saturated carbocycles. The Bertz CT molecular complexity index is 572. The summed E-state index contributed by atoms with van der Waals surface area (Å²) >= 11 is 1.57. The van der Waals surface area contributed by atoms with Crippen LogP contribution >= 0.6 is 11.3 Å². The van der Waals surface area contributed by atoms with Crippen molar-refractivity contribution >= 4 is 11.3 Å². The van der Waals surface area contributed by atoms with Crippen LogP contribution in [-0.4, -0.2) is 35.5 Å². The Morgan fingerprint density at radius 1 is 1.29 bits per heavy atom. The molecule has 0 atom stereocenters. The molecule has 1 heterocycles. The molecule has 5 nitrogen and oxygen atoms in total. The number of aromatic nitrogens is 2. The molecule has 0 spiro atoms. The van der Waals surface area contributed by atoms with E-state index >= 15 is 0 Å². The Balaban J connectivity index is 1.94. The number of aromatic hydroxyl groups is 1. The van der Waals surface area contributed by atoms with Gasteiger partial charge in [0.15, 0.2) is 11.5 Å². The number of phenolic OH excluding ortho intramolecular Hbond substituents is 1. The second-order valence-electron chi connectivity index (χ2n) is 4.74. The summed E-state index contributed by atoms with van der Waals surface area (Å²) in [4.78, 5) is 0. The van der Waals surface area contributed by atoms with Gasteiger partial charge in [0.05, 0.1) is 7.11 Å². The number of nitrogens with zero attached hydrogens (tertiary/aromatic N) is 2. The molecule has 0 amide bonds. The SMILES string of the molecule is CCCNCCCc1nnc(-c2ccc(OC)c(O)c2)s1. The molecular weight excluding hydrogens is 286 g/mol. The van der Waals surface area contributed by atoms with Crippen molar-refractivity contribution in [2.75, 3.05) is 20.2 Å². The van der Waals surface area contributed by atoms with Gasteiger partial charge in [-0.3, -0.25) is 0 Å². The van der Waals surface area contributed by atoms with Gasteiger partial charge < -0.3 is 15.2 Å². The highest BCUT2D eigenvalue weighted by Gasteiger charge is 2.09. The normalized spacial score (nSPS) is 10.8. The highest BCUT2D eigenvalue weighted by molar-refractivity contribution is 7.14. The van der Waals surface area contributed by atoms with Crippen LogP contribution in [-0.2, 0) is 6.42 Å². The fourth-order valence-electron chi connectivity index (χ4n) is 1.96. The van der Waals surface area contributed by atoms with E-state index < -0.39 is 0 Å². The lowest BCUT2D eigenvalue weighted by Gasteiger charge is -2.03. The lowest BCUT2D eigenvalue weighted by Crippen LogP contribution is -2.16. The predicted molar refractivity (Wildman–Crippen MR) is 85.0 cm³/mol. The van der Waals surface area contributed by atoms with E-state index in [9.17, 15) is 5.11 Å². The molecule has 1 aromatic carbocycles. The van der Waals surface area contributed by atoms with E-state index in [0.717, 1.165) is 47.9 Å². The summed E-state index contributed by atoms with van der Waals surface area (Å²) < 4.78 is 5.04. The third-order valence-electron chi connectivity index (χ3n) is 3.06.